The Morgan fingerprint density at radius 2 is 1.85 bits per heavy atom. The molecule has 1 atom stereocenters. The molecule has 33 heavy (non-hydrogen) atoms. The second-order valence-electron chi connectivity index (χ2n) is 7.78. The molecule has 2 aliphatic rings. The molecule has 0 radical (unpaired) electrons. The van der Waals surface area contributed by atoms with E-state index in [1.54, 1.807) is 42.2 Å². The molecule has 174 valence electrons. The van der Waals surface area contributed by atoms with Crippen LogP contribution in [0.2, 0.25) is 0 Å². The van der Waals surface area contributed by atoms with Gasteiger partial charge in [0, 0.05) is 31.3 Å². The first-order valence-electron chi connectivity index (χ1n) is 11.0. The second kappa shape index (κ2) is 9.81. The molecule has 0 aliphatic carbocycles. The Balaban J connectivity index is 1.35. The van der Waals surface area contributed by atoms with Gasteiger partial charge in [0.2, 0.25) is 11.8 Å². The predicted molar refractivity (Wildman–Crippen MR) is 122 cm³/mol. The summed E-state index contributed by atoms with van der Waals surface area (Å²) in [4.78, 5) is 41.1. The lowest BCUT2D eigenvalue weighted by Gasteiger charge is -2.33. The van der Waals surface area contributed by atoms with E-state index < -0.39 is 6.10 Å². The van der Waals surface area contributed by atoms with E-state index in [4.69, 9.17) is 14.2 Å². The number of nitrogens with zero attached hydrogens (tertiary/aromatic N) is 2. The summed E-state index contributed by atoms with van der Waals surface area (Å²) in [7, 11) is 0. The van der Waals surface area contributed by atoms with Crippen molar-refractivity contribution in [3.05, 3.63) is 42.5 Å². The fourth-order valence-electron chi connectivity index (χ4n) is 3.83. The van der Waals surface area contributed by atoms with Gasteiger partial charge in [-0.15, -0.1) is 0 Å². The van der Waals surface area contributed by atoms with Gasteiger partial charge in [-0.1, -0.05) is 12.1 Å². The zero-order chi connectivity index (χ0) is 23.4. The second-order valence-corrected chi connectivity index (χ2v) is 7.78. The molecule has 0 saturated carbocycles. The molecule has 0 bridgehead atoms. The summed E-state index contributed by atoms with van der Waals surface area (Å²) in [5.74, 6) is 1.11. The highest BCUT2D eigenvalue weighted by Crippen LogP contribution is 2.34. The smallest absolute Gasteiger partial charge is 0.267 e. The van der Waals surface area contributed by atoms with Crippen LogP contribution in [0, 0.1) is 0 Å². The first-order chi connectivity index (χ1) is 16.0. The quantitative estimate of drug-likeness (QED) is 0.692. The van der Waals surface area contributed by atoms with Crippen molar-refractivity contribution in [2.45, 2.75) is 26.4 Å². The van der Waals surface area contributed by atoms with Crippen LogP contribution in [0.25, 0.3) is 0 Å². The van der Waals surface area contributed by atoms with Crippen LogP contribution in [0.3, 0.4) is 0 Å². The third-order valence-corrected chi connectivity index (χ3v) is 5.52. The van der Waals surface area contributed by atoms with E-state index in [9.17, 15) is 14.4 Å². The Morgan fingerprint density at radius 3 is 2.64 bits per heavy atom. The number of benzene rings is 2. The number of carbonyl (C=O) groups excluding carboxylic acids is 3. The zero-order valence-corrected chi connectivity index (χ0v) is 18.7. The predicted octanol–water partition coefficient (Wildman–Crippen LogP) is 2.45. The molecule has 0 spiro atoms. The third kappa shape index (κ3) is 5.02. The molecule has 2 aromatic carbocycles. The average Bonchev–Trinajstić information content (AvgIpc) is 2.82. The molecule has 1 N–H and O–H groups in total. The maximum atomic E-state index is 12.8. The van der Waals surface area contributed by atoms with Gasteiger partial charge in [-0.25, -0.2) is 0 Å². The Bertz CT molecular complexity index is 1060. The van der Waals surface area contributed by atoms with Gasteiger partial charge in [-0.2, -0.15) is 0 Å². The van der Waals surface area contributed by atoms with Crippen LogP contribution in [-0.4, -0.2) is 61.6 Å². The van der Waals surface area contributed by atoms with E-state index >= 15 is 0 Å². The van der Waals surface area contributed by atoms with Gasteiger partial charge in [0.25, 0.3) is 5.91 Å². The average molecular weight is 453 g/mol. The maximum Gasteiger partial charge on any atom is 0.267 e. The van der Waals surface area contributed by atoms with E-state index in [1.807, 2.05) is 19.1 Å². The van der Waals surface area contributed by atoms with Crippen LogP contribution in [-0.2, 0) is 14.4 Å². The van der Waals surface area contributed by atoms with Crippen LogP contribution < -0.4 is 24.4 Å². The van der Waals surface area contributed by atoms with Gasteiger partial charge in [0.1, 0.15) is 19.0 Å². The van der Waals surface area contributed by atoms with Crippen LogP contribution in [0.15, 0.2) is 42.5 Å². The van der Waals surface area contributed by atoms with Crippen molar-refractivity contribution in [2.24, 2.45) is 0 Å². The summed E-state index contributed by atoms with van der Waals surface area (Å²) in [5, 5.41) is 2.79. The molecular formula is C24H27N3O6. The third-order valence-electron chi connectivity index (χ3n) is 5.52. The molecule has 2 aromatic rings. The van der Waals surface area contributed by atoms with E-state index in [-0.39, 0.29) is 37.2 Å². The molecular weight excluding hydrogens is 426 g/mol. The minimum absolute atomic E-state index is 0.0895. The van der Waals surface area contributed by atoms with Gasteiger partial charge < -0.3 is 29.3 Å². The fourth-order valence-corrected chi connectivity index (χ4v) is 3.83. The Labute approximate surface area is 192 Å². The van der Waals surface area contributed by atoms with Gasteiger partial charge in [-0.3, -0.25) is 14.4 Å². The maximum absolute atomic E-state index is 12.8. The summed E-state index contributed by atoms with van der Waals surface area (Å²) < 4.78 is 16.7. The van der Waals surface area contributed by atoms with Crippen LogP contribution >= 0.6 is 0 Å². The molecule has 4 rings (SSSR count). The molecule has 0 saturated heterocycles. The van der Waals surface area contributed by atoms with E-state index in [0.29, 0.717) is 48.4 Å². The van der Waals surface area contributed by atoms with Gasteiger partial charge >= 0.3 is 0 Å². The Morgan fingerprint density at radius 1 is 1.09 bits per heavy atom. The van der Waals surface area contributed by atoms with Crippen molar-refractivity contribution in [2.75, 3.05) is 43.1 Å². The monoisotopic (exact) mass is 453 g/mol. The topological polar surface area (TPSA) is 97.4 Å². The van der Waals surface area contributed by atoms with Crippen LogP contribution in [0.4, 0.5) is 11.4 Å². The van der Waals surface area contributed by atoms with Crippen molar-refractivity contribution < 1.29 is 28.6 Å². The molecule has 0 aromatic heterocycles. The fraction of sp³-hybridized carbons (Fsp3) is 0.375. The number of ether oxygens (including phenoxy) is 3. The summed E-state index contributed by atoms with van der Waals surface area (Å²) in [6.07, 6.45) is -0.521. The molecule has 0 fully saturated rings. The number of fused-ring (bicyclic) bond motifs is 2. The first kappa shape index (κ1) is 22.4. The number of rotatable bonds is 7. The van der Waals surface area contributed by atoms with E-state index in [0.717, 1.165) is 0 Å². The van der Waals surface area contributed by atoms with Crippen molar-refractivity contribution >= 4 is 29.1 Å². The Kier molecular flexibility index (Phi) is 6.67. The molecule has 2 heterocycles. The molecule has 9 heteroatoms. The van der Waals surface area contributed by atoms with Crippen LogP contribution in [0.1, 0.15) is 20.3 Å². The first-order valence-corrected chi connectivity index (χ1v) is 11.0. The van der Waals surface area contributed by atoms with Crippen molar-refractivity contribution in [3.63, 3.8) is 0 Å². The van der Waals surface area contributed by atoms with Gasteiger partial charge in [-0.05, 0) is 38.1 Å². The lowest BCUT2D eigenvalue weighted by atomic mass is 10.1. The summed E-state index contributed by atoms with van der Waals surface area (Å²) >= 11 is 0. The Hall–Kier alpha value is -3.75. The van der Waals surface area contributed by atoms with E-state index in [2.05, 4.69) is 5.32 Å². The normalized spacial score (nSPS) is 16.5. The summed E-state index contributed by atoms with van der Waals surface area (Å²) in [6.45, 7) is 4.94. The lowest BCUT2D eigenvalue weighted by molar-refractivity contribution is -0.134. The number of hydrogen-bond acceptors (Lipinski definition) is 6. The minimum Gasteiger partial charge on any atom is -0.486 e. The largest absolute Gasteiger partial charge is 0.486 e. The number of anilines is 2. The lowest BCUT2D eigenvalue weighted by Crippen LogP contribution is -2.46. The highest BCUT2D eigenvalue weighted by molar-refractivity contribution is 6.00. The molecule has 2 aliphatic heterocycles. The van der Waals surface area contributed by atoms with Crippen molar-refractivity contribution in [1.29, 1.82) is 0 Å². The van der Waals surface area contributed by atoms with Gasteiger partial charge in [0.05, 0.1) is 12.2 Å². The number of para-hydroxylation sites is 2. The summed E-state index contributed by atoms with van der Waals surface area (Å²) in [6, 6.07) is 12.4. The van der Waals surface area contributed by atoms with Crippen LogP contribution in [0.5, 0.6) is 17.2 Å². The minimum atomic E-state index is -0.617. The number of nitrogens with one attached hydrogen (secondary N) is 1. The molecule has 0 unspecified atom stereocenters. The standard InChI is InChI=1S/C24H27N3O6/c1-3-26(15-22(28)25-17-8-9-20-21(14-17)32-13-12-31-20)23(29)10-11-27-18-6-4-5-7-19(18)33-16(2)24(27)30/h4-9,14,16H,3,10-13,15H2,1-2H3,(H,25,28)/t16-/m0/s1. The number of carbonyl (C=O) groups is 3. The highest BCUT2D eigenvalue weighted by Gasteiger charge is 2.31. The molecule has 3 amide bonds. The van der Waals surface area contributed by atoms with E-state index in [1.165, 1.54) is 4.90 Å². The SMILES string of the molecule is CCN(CC(=O)Nc1ccc2c(c1)OCCO2)C(=O)CCN1C(=O)[C@H](C)Oc2ccccc21. The molecule has 9 nitrogen and oxygen atoms in total. The van der Waals surface area contributed by atoms with Crippen molar-refractivity contribution in [1.82, 2.24) is 4.90 Å². The summed E-state index contributed by atoms with van der Waals surface area (Å²) in [5.41, 5.74) is 1.21. The number of hydrogen-bond donors (Lipinski definition) is 1. The zero-order valence-electron chi connectivity index (χ0n) is 18.7. The number of amides is 3. The highest BCUT2D eigenvalue weighted by atomic mass is 16.6. The van der Waals surface area contributed by atoms with Crippen molar-refractivity contribution in [3.8, 4) is 17.2 Å². The van der Waals surface area contributed by atoms with Gasteiger partial charge in [0.15, 0.2) is 17.6 Å². The number of likely N-dealkylation sites (N-methyl/N-ethyl adjacent to an activating group) is 1.